The summed E-state index contributed by atoms with van der Waals surface area (Å²) in [5.41, 5.74) is 4.54. The van der Waals surface area contributed by atoms with Gasteiger partial charge in [-0.2, -0.15) is 0 Å². The first kappa shape index (κ1) is 18.4. The number of fused-ring (bicyclic) bond motifs is 1. The van der Waals surface area contributed by atoms with Gasteiger partial charge in [0.2, 0.25) is 0 Å². The normalized spacial score (nSPS) is 12.7. The summed E-state index contributed by atoms with van der Waals surface area (Å²) in [5.74, 6) is 0.406. The lowest BCUT2D eigenvalue weighted by molar-refractivity contribution is -0.677. The topological polar surface area (TPSA) is 67.0 Å². The maximum Gasteiger partial charge on any atom is 0.336 e. The van der Waals surface area contributed by atoms with Crippen LogP contribution < -0.4 is 10.9 Å². The molecule has 1 aromatic heterocycles. The lowest BCUT2D eigenvalue weighted by atomic mass is 9.95. The molecule has 0 amide bonds. The van der Waals surface area contributed by atoms with Crippen molar-refractivity contribution in [3.8, 4) is 0 Å². The van der Waals surface area contributed by atoms with Crippen molar-refractivity contribution in [2.24, 2.45) is 0 Å². The van der Waals surface area contributed by atoms with Gasteiger partial charge in [0.15, 0.2) is 0 Å². The van der Waals surface area contributed by atoms with E-state index in [2.05, 4.69) is 19.9 Å². The number of aryl methyl sites for hydroxylation is 1. The molecular weight excluding hydrogens is 326 g/mol. The van der Waals surface area contributed by atoms with Crippen LogP contribution in [-0.2, 0) is 6.54 Å². The van der Waals surface area contributed by atoms with Crippen molar-refractivity contribution in [2.75, 3.05) is 6.54 Å². The molecule has 0 spiro atoms. The average molecular weight is 352 g/mol. The Hall–Kier alpha value is -2.43. The minimum atomic E-state index is -0.531. The second-order valence-electron chi connectivity index (χ2n) is 7.11. The van der Waals surface area contributed by atoms with Gasteiger partial charge in [-0.05, 0) is 41.7 Å². The van der Waals surface area contributed by atoms with Crippen molar-refractivity contribution in [1.29, 1.82) is 0 Å². The SMILES string of the molecule is Cc1cc2oc(=O)cc(C[NH2+]C[C@@H](O)c3ccccc3)c2cc1C(C)C. The lowest BCUT2D eigenvalue weighted by Crippen LogP contribution is -2.83. The van der Waals surface area contributed by atoms with Crippen LogP contribution in [0.3, 0.4) is 0 Å². The smallest absolute Gasteiger partial charge is 0.336 e. The molecule has 1 heterocycles. The fourth-order valence-corrected chi connectivity index (χ4v) is 3.39. The number of aliphatic hydroxyl groups is 1. The number of benzene rings is 2. The van der Waals surface area contributed by atoms with Crippen molar-refractivity contribution >= 4 is 11.0 Å². The predicted octanol–water partition coefficient (Wildman–Crippen LogP) is 3.02. The highest BCUT2D eigenvalue weighted by atomic mass is 16.4. The van der Waals surface area contributed by atoms with Gasteiger partial charge >= 0.3 is 5.63 Å². The Labute approximate surface area is 153 Å². The van der Waals surface area contributed by atoms with Gasteiger partial charge in [0.1, 0.15) is 24.8 Å². The molecule has 3 N–H and O–H groups in total. The maximum absolute atomic E-state index is 11.9. The third-order valence-electron chi connectivity index (χ3n) is 4.78. The highest BCUT2D eigenvalue weighted by Crippen LogP contribution is 2.26. The number of aliphatic hydroxyl groups excluding tert-OH is 1. The summed E-state index contributed by atoms with van der Waals surface area (Å²) < 4.78 is 5.40. The average Bonchev–Trinajstić information content (AvgIpc) is 2.61. The first-order valence-corrected chi connectivity index (χ1v) is 9.07. The molecule has 0 aliphatic carbocycles. The van der Waals surface area contributed by atoms with E-state index in [4.69, 9.17) is 4.42 Å². The number of quaternary nitrogens is 1. The Kier molecular flexibility index (Phi) is 5.55. The van der Waals surface area contributed by atoms with Gasteiger partial charge in [-0.25, -0.2) is 4.79 Å². The molecule has 0 radical (unpaired) electrons. The molecule has 1 atom stereocenters. The van der Waals surface area contributed by atoms with Gasteiger partial charge < -0.3 is 14.8 Å². The Bertz CT molecular complexity index is 945. The summed E-state index contributed by atoms with van der Waals surface area (Å²) in [7, 11) is 0. The molecule has 3 aromatic rings. The Morgan fingerprint density at radius 3 is 2.54 bits per heavy atom. The van der Waals surface area contributed by atoms with E-state index in [-0.39, 0.29) is 5.63 Å². The monoisotopic (exact) mass is 352 g/mol. The van der Waals surface area contributed by atoms with Crippen LogP contribution in [0.2, 0.25) is 0 Å². The molecule has 0 bridgehead atoms. The standard InChI is InChI=1S/C22H25NO3/c1-14(2)18-11-19-17(10-22(25)26-21(19)9-15(18)3)12-23-13-20(24)16-7-5-4-6-8-16/h4-11,14,20,23-24H,12-13H2,1-3H3/p+1/t20-/m1/s1. The second-order valence-corrected chi connectivity index (χ2v) is 7.11. The zero-order chi connectivity index (χ0) is 18.7. The first-order valence-electron chi connectivity index (χ1n) is 9.07. The molecule has 0 saturated heterocycles. The first-order chi connectivity index (χ1) is 12.5. The number of hydrogen-bond donors (Lipinski definition) is 2. The van der Waals surface area contributed by atoms with E-state index in [1.54, 1.807) is 6.07 Å². The number of hydrogen-bond acceptors (Lipinski definition) is 3. The highest BCUT2D eigenvalue weighted by Gasteiger charge is 2.14. The molecule has 3 rings (SSSR count). The molecule has 0 saturated carbocycles. The van der Waals surface area contributed by atoms with E-state index in [9.17, 15) is 9.90 Å². The molecular formula is C22H26NO3+. The van der Waals surface area contributed by atoms with Gasteiger partial charge in [-0.15, -0.1) is 0 Å². The van der Waals surface area contributed by atoms with Crippen molar-refractivity contribution in [1.82, 2.24) is 0 Å². The van der Waals surface area contributed by atoms with Crippen LogP contribution in [0.5, 0.6) is 0 Å². The Balaban J connectivity index is 1.83. The van der Waals surface area contributed by atoms with Crippen molar-refractivity contribution in [3.63, 3.8) is 0 Å². The molecule has 136 valence electrons. The number of nitrogens with two attached hydrogens (primary N) is 1. The molecule has 0 fully saturated rings. The van der Waals surface area contributed by atoms with E-state index in [0.717, 1.165) is 22.1 Å². The second kappa shape index (κ2) is 7.85. The summed E-state index contributed by atoms with van der Waals surface area (Å²) in [6.45, 7) is 7.52. The quantitative estimate of drug-likeness (QED) is 0.670. The largest absolute Gasteiger partial charge is 0.423 e. The Morgan fingerprint density at radius 1 is 1.12 bits per heavy atom. The minimum Gasteiger partial charge on any atom is -0.423 e. The summed E-state index contributed by atoms with van der Waals surface area (Å²) in [6, 6.07) is 15.3. The molecule has 0 unspecified atom stereocenters. The van der Waals surface area contributed by atoms with Gasteiger partial charge in [-0.1, -0.05) is 44.2 Å². The molecule has 2 aromatic carbocycles. The fraction of sp³-hybridized carbons (Fsp3) is 0.318. The van der Waals surface area contributed by atoms with Gasteiger partial charge in [-0.3, -0.25) is 0 Å². The van der Waals surface area contributed by atoms with Crippen LogP contribution in [0, 0.1) is 6.92 Å². The lowest BCUT2D eigenvalue weighted by Gasteiger charge is -2.13. The summed E-state index contributed by atoms with van der Waals surface area (Å²) >= 11 is 0. The summed E-state index contributed by atoms with van der Waals surface area (Å²) in [6.07, 6.45) is -0.531. The van der Waals surface area contributed by atoms with Gasteiger partial charge in [0, 0.05) is 17.0 Å². The predicted molar refractivity (Wildman–Crippen MR) is 103 cm³/mol. The molecule has 26 heavy (non-hydrogen) atoms. The maximum atomic E-state index is 11.9. The van der Waals surface area contributed by atoms with E-state index in [1.807, 2.05) is 48.6 Å². The van der Waals surface area contributed by atoms with Gasteiger partial charge in [0.25, 0.3) is 0 Å². The molecule has 4 nitrogen and oxygen atoms in total. The third-order valence-corrected chi connectivity index (χ3v) is 4.78. The molecule has 0 aliphatic rings. The van der Waals surface area contributed by atoms with E-state index >= 15 is 0 Å². The van der Waals surface area contributed by atoms with Crippen molar-refractivity contribution in [3.05, 3.63) is 81.2 Å². The van der Waals surface area contributed by atoms with E-state index < -0.39 is 6.10 Å². The van der Waals surface area contributed by atoms with Crippen LogP contribution in [0.1, 0.15) is 48.1 Å². The zero-order valence-corrected chi connectivity index (χ0v) is 15.5. The summed E-state index contributed by atoms with van der Waals surface area (Å²) in [5, 5.41) is 13.3. The van der Waals surface area contributed by atoms with Crippen LogP contribution in [0.15, 0.2) is 57.7 Å². The fourth-order valence-electron chi connectivity index (χ4n) is 3.39. The van der Waals surface area contributed by atoms with Crippen molar-refractivity contribution in [2.45, 2.75) is 39.3 Å². The zero-order valence-electron chi connectivity index (χ0n) is 15.5. The Morgan fingerprint density at radius 2 is 1.85 bits per heavy atom. The van der Waals surface area contributed by atoms with Crippen LogP contribution in [0.25, 0.3) is 11.0 Å². The molecule has 4 heteroatoms. The highest BCUT2D eigenvalue weighted by molar-refractivity contribution is 5.82. The van der Waals surface area contributed by atoms with Crippen LogP contribution in [0.4, 0.5) is 0 Å². The van der Waals surface area contributed by atoms with Gasteiger partial charge in [0.05, 0.1) is 0 Å². The van der Waals surface area contributed by atoms with Crippen LogP contribution in [-0.4, -0.2) is 11.7 Å². The third kappa shape index (κ3) is 4.03. The van der Waals surface area contributed by atoms with E-state index in [0.29, 0.717) is 24.6 Å². The molecule has 0 aliphatic heterocycles. The van der Waals surface area contributed by atoms with E-state index in [1.165, 1.54) is 5.56 Å². The minimum absolute atomic E-state index is 0.332. The van der Waals surface area contributed by atoms with Crippen molar-refractivity contribution < 1.29 is 14.8 Å². The summed E-state index contributed by atoms with van der Waals surface area (Å²) in [4.78, 5) is 11.9. The van der Waals surface area contributed by atoms with Crippen LogP contribution >= 0.6 is 0 Å². The number of rotatable bonds is 6.